The van der Waals surface area contributed by atoms with Crippen LogP contribution in [0.15, 0.2) is 22.2 Å². The predicted octanol–water partition coefficient (Wildman–Crippen LogP) is 4.07. The van der Waals surface area contributed by atoms with Crippen LogP contribution in [0.5, 0.6) is 11.5 Å². The first-order valence-corrected chi connectivity index (χ1v) is 9.13. The molecule has 0 bridgehead atoms. The lowest BCUT2D eigenvalue weighted by molar-refractivity contribution is -0.118. The van der Waals surface area contributed by atoms with Crippen LogP contribution in [0, 0.1) is 17.2 Å². The van der Waals surface area contributed by atoms with Crippen LogP contribution in [0.25, 0.3) is 6.08 Å². The first-order chi connectivity index (χ1) is 12.0. The first-order valence-electron chi connectivity index (χ1n) is 8.34. The Hall–Kier alpha value is -2.00. The number of methoxy groups -OCH3 is 2. The van der Waals surface area contributed by atoms with Crippen LogP contribution in [0.1, 0.15) is 38.2 Å². The molecule has 5 nitrogen and oxygen atoms in total. The van der Waals surface area contributed by atoms with Gasteiger partial charge in [-0.1, -0.05) is 19.8 Å². The number of ether oxygens (including phenoxy) is 2. The lowest BCUT2D eigenvalue weighted by atomic mass is 9.86. The van der Waals surface area contributed by atoms with E-state index >= 15 is 0 Å². The van der Waals surface area contributed by atoms with Crippen molar-refractivity contribution in [1.82, 2.24) is 5.32 Å². The van der Waals surface area contributed by atoms with Crippen LogP contribution in [0.2, 0.25) is 0 Å². The smallest absolute Gasteiger partial charge is 0.262 e. The summed E-state index contributed by atoms with van der Waals surface area (Å²) in [5.74, 6) is 1.21. The van der Waals surface area contributed by atoms with Crippen LogP contribution in [-0.4, -0.2) is 26.2 Å². The van der Waals surface area contributed by atoms with Gasteiger partial charge in [0, 0.05) is 6.04 Å². The second-order valence-electron chi connectivity index (χ2n) is 6.25. The van der Waals surface area contributed by atoms with Crippen molar-refractivity contribution < 1.29 is 14.3 Å². The number of amides is 1. The van der Waals surface area contributed by atoms with Crippen LogP contribution in [0.3, 0.4) is 0 Å². The minimum absolute atomic E-state index is 0.0805. The van der Waals surface area contributed by atoms with E-state index in [2.05, 4.69) is 28.2 Å². The minimum Gasteiger partial charge on any atom is -0.493 e. The summed E-state index contributed by atoms with van der Waals surface area (Å²) < 4.78 is 11.3. The second kappa shape index (κ2) is 8.91. The van der Waals surface area contributed by atoms with Gasteiger partial charge in [-0.15, -0.1) is 0 Å². The van der Waals surface area contributed by atoms with Crippen molar-refractivity contribution in [3.8, 4) is 17.6 Å². The zero-order valence-electron chi connectivity index (χ0n) is 14.8. The number of nitrogens with one attached hydrogen (secondary N) is 1. The summed E-state index contributed by atoms with van der Waals surface area (Å²) in [7, 11) is 3.10. The molecule has 1 N–H and O–H groups in total. The molecule has 0 saturated heterocycles. The standard InChI is InChI=1S/C19H23BrN2O3/c1-12-6-4-5-7-16(12)22-19(23)14(11-21)8-13-9-15(20)18(25-3)17(10-13)24-2/h8-10,12,16H,4-7H2,1-3H3,(H,22,23)/b14-8+/t12-,16-/m1/s1. The van der Waals surface area contributed by atoms with Crippen molar-refractivity contribution in [2.24, 2.45) is 5.92 Å². The molecule has 1 aliphatic carbocycles. The molecule has 2 rings (SSSR count). The Morgan fingerprint density at radius 3 is 2.64 bits per heavy atom. The molecule has 1 fully saturated rings. The van der Waals surface area contributed by atoms with Gasteiger partial charge in [0.15, 0.2) is 11.5 Å². The van der Waals surface area contributed by atoms with Crippen LogP contribution in [0.4, 0.5) is 0 Å². The molecule has 25 heavy (non-hydrogen) atoms. The number of benzene rings is 1. The molecule has 1 aliphatic rings. The topological polar surface area (TPSA) is 71.3 Å². The van der Waals surface area contributed by atoms with Gasteiger partial charge in [-0.25, -0.2) is 0 Å². The van der Waals surface area contributed by atoms with Gasteiger partial charge >= 0.3 is 0 Å². The zero-order valence-corrected chi connectivity index (χ0v) is 16.4. The number of nitrogens with zero attached hydrogens (tertiary/aromatic N) is 1. The largest absolute Gasteiger partial charge is 0.493 e. The van der Waals surface area contributed by atoms with E-state index in [4.69, 9.17) is 9.47 Å². The Balaban J connectivity index is 2.23. The van der Waals surface area contributed by atoms with Gasteiger partial charge in [0.1, 0.15) is 11.6 Å². The SMILES string of the molecule is COc1cc(/C=C(\C#N)C(=O)N[C@@H]2CCCC[C@H]2C)cc(Br)c1OC. The van der Waals surface area contributed by atoms with E-state index in [-0.39, 0.29) is 17.5 Å². The molecule has 0 aliphatic heterocycles. The Labute approximate surface area is 157 Å². The van der Waals surface area contributed by atoms with E-state index < -0.39 is 0 Å². The van der Waals surface area contributed by atoms with Gasteiger partial charge in [0.05, 0.1) is 18.7 Å². The number of hydrogen-bond acceptors (Lipinski definition) is 4. The minimum atomic E-state index is -0.327. The summed E-state index contributed by atoms with van der Waals surface area (Å²) >= 11 is 3.42. The van der Waals surface area contributed by atoms with Crippen LogP contribution in [-0.2, 0) is 4.79 Å². The molecule has 6 heteroatoms. The summed E-state index contributed by atoms with van der Waals surface area (Å²) in [6.45, 7) is 2.14. The summed E-state index contributed by atoms with van der Waals surface area (Å²) in [5.41, 5.74) is 0.768. The fraction of sp³-hybridized carbons (Fsp3) is 0.474. The molecule has 0 radical (unpaired) electrons. The molecule has 1 aromatic carbocycles. The fourth-order valence-corrected chi connectivity index (χ4v) is 3.73. The van der Waals surface area contributed by atoms with Crippen molar-refractivity contribution in [1.29, 1.82) is 5.26 Å². The highest BCUT2D eigenvalue weighted by Gasteiger charge is 2.24. The molecule has 1 amide bonds. The van der Waals surface area contributed by atoms with Crippen molar-refractivity contribution in [2.75, 3.05) is 14.2 Å². The molecule has 0 spiro atoms. The highest BCUT2D eigenvalue weighted by Crippen LogP contribution is 2.36. The lowest BCUT2D eigenvalue weighted by Gasteiger charge is -2.29. The van der Waals surface area contributed by atoms with Crippen LogP contribution < -0.4 is 14.8 Å². The van der Waals surface area contributed by atoms with Crippen molar-refractivity contribution >= 4 is 27.9 Å². The average Bonchev–Trinajstić information content (AvgIpc) is 2.60. The number of carbonyl (C=O) groups is 1. The molecule has 134 valence electrons. The summed E-state index contributed by atoms with van der Waals surface area (Å²) in [6.07, 6.45) is 5.96. The molecule has 0 heterocycles. The van der Waals surface area contributed by atoms with E-state index in [9.17, 15) is 10.1 Å². The number of carbonyl (C=O) groups excluding carboxylic acids is 1. The Kier molecular flexibility index (Phi) is 6.89. The second-order valence-corrected chi connectivity index (χ2v) is 7.10. The maximum Gasteiger partial charge on any atom is 0.262 e. The third kappa shape index (κ3) is 4.76. The maximum absolute atomic E-state index is 12.5. The normalized spacial score (nSPS) is 20.5. The van der Waals surface area contributed by atoms with Crippen molar-refractivity contribution in [2.45, 2.75) is 38.6 Å². The Morgan fingerprint density at radius 2 is 2.04 bits per heavy atom. The zero-order chi connectivity index (χ0) is 18.4. The van der Waals surface area contributed by atoms with Crippen molar-refractivity contribution in [3.05, 3.63) is 27.7 Å². The molecular formula is C19H23BrN2O3. The fourth-order valence-electron chi connectivity index (χ4n) is 3.11. The van der Waals surface area contributed by atoms with Gasteiger partial charge in [-0.05, 0) is 58.5 Å². The lowest BCUT2D eigenvalue weighted by Crippen LogP contribution is -2.41. The van der Waals surface area contributed by atoms with Gasteiger partial charge in [-0.3, -0.25) is 4.79 Å². The number of hydrogen-bond donors (Lipinski definition) is 1. The van der Waals surface area contributed by atoms with Crippen LogP contribution >= 0.6 is 15.9 Å². The van der Waals surface area contributed by atoms with Crippen molar-refractivity contribution in [3.63, 3.8) is 0 Å². The monoisotopic (exact) mass is 406 g/mol. The van der Waals surface area contributed by atoms with Gasteiger partial charge < -0.3 is 14.8 Å². The van der Waals surface area contributed by atoms with Gasteiger partial charge in [0.25, 0.3) is 5.91 Å². The van der Waals surface area contributed by atoms with E-state index in [1.165, 1.54) is 6.42 Å². The van der Waals surface area contributed by atoms with Gasteiger partial charge in [-0.2, -0.15) is 5.26 Å². The Morgan fingerprint density at radius 1 is 1.32 bits per heavy atom. The van der Waals surface area contributed by atoms with E-state index in [0.717, 1.165) is 19.3 Å². The third-order valence-corrected chi connectivity index (χ3v) is 5.15. The molecule has 0 aromatic heterocycles. The Bertz CT molecular complexity index is 709. The molecule has 1 saturated carbocycles. The predicted molar refractivity (Wildman–Crippen MR) is 100 cm³/mol. The average molecular weight is 407 g/mol. The quantitative estimate of drug-likeness (QED) is 0.590. The molecule has 1 aromatic rings. The highest BCUT2D eigenvalue weighted by molar-refractivity contribution is 9.10. The summed E-state index contributed by atoms with van der Waals surface area (Å²) in [6, 6.07) is 5.66. The third-order valence-electron chi connectivity index (χ3n) is 4.56. The number of rotatable bonds is 5. The number of halogens is 1. The van der Waals surface area contributed by atoms with Gasteiger partial charge in [0.2, 0.25) is 0 Å². The summed E-state index contributed by atoms with van der Waals surface area (Å²) in [5, 5.41) is 12.4. The summed E-state index contributed by atoms with van der Waals surface area (Å²) in [4.78, 5) is 12.5. The van der Waals surface area contributed by atoms with E-state index in [1.54, 1.807) is 32.4 Å². The molecular weight excluding hydrogens is 384 g/mol. The first kappa shape index (κ1) is 19.3. The van der Waals surface area contributed by atoms with E-state index in [0.29, 0.717) is 27.5 Å². The van der Waals surface area contributed by atoms with E-state index in [1.807, 2.05) is 6.07 Å². The molecule has 2 atom stereocenters. The number of nitriles is 1. The highest BCUT2D eigenvalue weighted by atomic mass is 79.9. The molecule has 0 unspecified atom stereocenters. The maximum atomic E-state index is 12.5.